The van der Waals surface area contributed by atoms with E-state index < -0.39 is 0 Å². The first-order chi connectivity index (χ1) is 14.6. The van der Waals surface area contributed by atoms with Gasteiger partial charge in [-0.15, -0.1) is 11.8 Å². The topological polar surface area (TPSA) is 68.0 Å². The zero-order chi connectivity index (χ0) is 20.9. The van der Waals surface area contributed by atoms with E-state index in [0.29, 0.717) is 33.7 Å². The van der Waals surface area contributed by atoms with Gasteiger partial charge in [0, 0.05) is 21.0 Å². The van der Waals surface area contributed by atoms with E-state index in [2.05, 4.69) is 15.5 Å². The minimum Gasteiger partial charge on any atom is -0.334 e. The number of para-hydroxylation sites is 1. The fraction of sp³-hybridized carbons (Fsp3) is 0.0455. The van der Waals surface area contributed by atoms with Crippen LogP contribution in [0.1, 0.15) is 16.2 Å². The SMILES string of the molecule is O=C(Nc1ccccc1SCc1noc(-c2ccc(Cl)cc2)n1)c1ccc(F)cc1. The van der Waals surface area contributed by atoms with Gasteiger partial charge in [-0.3, -0.25) is 4.79 Å². The lowest BCUT2D eigenvalue weighted by Gasteiger charge is -2.10. The molecule has 1 N–H and O–H groups in total. The molecular formula is C22H15ClFN3O2S. The average Bonchev–Trinajstić information content (AvgIpc) is 3.23. The summed E-state index contributed by atoms with van der Waals surface area (Å²) in [7, 11) is 0. The van der Waals surface area contributed by atoms with Crippen molar-refractivity contribution in [3.05, 3.63) is 95.0 Å². The van der Waals surface area contributed by atoms with Gasteiger partial charge in [0.15, 0.2) is 5.82 Å². The highest BCUT2D eigenvalue weighted by Crippen LogP contribution is 2.30. The Labute approximate surface area is 181 Å². The molecule has 0 aliphatic rings. The molecule has 0 saturated carbocycles. The summed E-state index contributed by atoms with van der Waals surface area (Å²) in [6.45, 7) is 0. The third-order valence-corrected chi connectivity index (χ3v) is 5.48. The summed E-state index contributed by atoms with van der Waals surface area (Å²) in [5.74, 6) is 0.707. The number of hydrogen-bond acceptors (Lipinski definition) is 5. The van der Waals surface area contributed by atoms with E-state index >= 15 is 0 Å². The Morgan fingerprint density at radius 2 is 1.77 bits per heavy atom. The number of anilines is 1. The van der Waals surface area contributed by atoms with Gasteiger partial charge in [-0.25, -0.2) is 4.39 Å². The van der Waals surface area contributed by atoms with Gasteiger partial charge in [0.25, 0.3) is 11.8 Å². The molecule has 4 aromatic rings. The number of carbonyl (C=O) groups is 1. The first kappa shape index (κ1) is 20.1. The third-order valence-electron chi connectivity index (χ3n) is 4.16. The van der Waals surface area contributed by atoms with Gasteiger partial charge in [-0.05, 0) is 60.7 Å². The van der Waals surface area contributed by atoms with Crippen LogP contribution in [-0.4, -0.2) is 16.0 Å². The summed E-state index contributed by atoms with van der Waals surface area (Å²) in [5, 5.41) is 7.51. The zero-order valence-corrected chi connectivity index (χ0v) is 17.1. The molecule has 0 aliphatic heterocycles. The van der Waals surface area contributed by atoms with E-state index in [1.165, 1.54) is 36.0 Å². The normalized spacial score (nSPS) is 10.7. The van der Waals surface area contributed by atoms with Crippen molar-refractivity contribution >= 4 is 35.0 Å². The number of benzene rings is 3. The molecule has 8 heteroatoms. The van der Waals surface area contributed by atoms with Gasteiger partial charge in [0.05, 0.1) is 11.4 Å². The van der Waals surface area contributed by atoms with Crippen LogP contribution in [0.25, 0.3) is 11.5 Å². The molecule has 1 heterocycles. The van der Waals surface area contributed by atoms with Crippen LogP contribution >= 0.6 is 23.4 Å². The highest BCUT2D eigenvalue weighted by molar-refractivity contribution is 7.98. The molecule has 0 unspecified atom stereocenters. The smallest absolute Gasteiger partial charge is 0.257 e. The molecule has 30 heavy (non-hydrogen) atoms. The van der Waals surface area contributed by atoms with Crippen LogP contribution in [-0.2, 0) is 5.75 Å². The van der Waals surface area contributed by atoms with Crippen molar-refractivity contribution in [1.82, 2.24) is 10.1 Å². The van der Waals surface area contributed by atoms with E-state index in [1.807, 2.05) is 30.3 Å². The van der Waals surface area contributed by atoms with Crippen LogP contribution < -0.4 is 5.32 Å². The maximum atomic E-state index is 13.1. The van der Waals surface area contributed by atoms with Crippen molar-refractivity contribution in [3.8, 4) is 11.5 Å². The van der Waals surface area contributed by atoms with E-state index in [0.717, 1.165) is 10.5 Å². The average molecular weight is 440 g/mol. The Balaban J connectivity index is 1.44. The number of aromatic nitrogens is 2. The Morgan fingerprint density at radius 1 is 1.03 bits per heavy atom. The van der Waals surface area contributed by atoms with Crippen LogP contribution in [0.4, 0.5) is 10.1 Å². The standard InChI is InChI=1S/C22H15ClFN3O2S/c23-16-9-5-15(6-10-16)22-26-20(27-29-22)13-30-19-4-2-1-3-18(19)25-21(28)14-7-11-17(24)12-8-14/h1-12H,13H2,(H,25,28). The van der Waals surface area contributed by atoms with Crippen molar-refractivity contribution in [2.75, 3.05) is 5.32 Å². The number of nitrogens with zero attached hydrogens (tertiary/aromatic N) is 2. The Morgan fingerprint density at radius 3 is 2.53 bits per heavy atom. The lowest BCUT2D eigenvalue weighted by Crippen LogP contribution is -2.12. The third kappa shape index (κ3) is 4.87. The molecule has 1 aromatic heterocycles. The summed E-state index contributed by atoms with van der Waals surface area (Å²) >= 11 is 7.37. The molecule has 0 fully saturated rings. The Kier molecular flexibility index (Phi) is 6.11. The molecule has 4 rings (SSSR count). The maximum absolute atomic E-state index is 13.1. The molecule has 0 saturated heterocycles. The van der Waals surface area contributed by atoms with E-state index in [-0.39, 0.29) is 11.7 Å². The van der Waals surface area contributed by atoms with Crippen LogP contribution in [0.5, 0.6) is 0 Å². The molecular weight excluding hydrogens is 425 g/mol. The summed E-state index contributed by atoms with van der Waals surface area (Å²) in [6.07, 6.45) is 0. The first-order valence-electron chi connectivity index (χ1n) is 8.96. The Bertz CT molecular complexity index is 1160. The van der Waals surface area contributed by atoms with Gasteiger partial charge in [0.1, 0.15) is 5.82 Å². The molecule has 0 atom stereocenters. The van der Waals surface area contributed by atoms with Gasteiger partial charge < -0.3 is 9.84 Å². The van der Waals surface area contributed by atoms with Crippen molar-refractivity contribution in [2.24, 2.45) is 0 Å². The number of thioether (sulfide) groups is 1. The van der Waals surface area contributed by atoms with Crippen LogP contribution in [0.3, 0.4) is 0 Å². The van der Waals surface area contributed by atoms with Gasteiger partial charge in [-0.2, -0.15) is 4.98 Å². The second kappa shape index (κ2) is 9.11. The van der Waals surface area contributed by atoms with E-state index in [1.54, 1.807) is 18.2 Å². The lowest BCUT2D eigenvalue weighted by molar-refractivity contribution is 0.102. The largest absolute Gasteiger partial charge is 0.334 e. The highest BCUT2D eigenvalue weighted by atomic mass is 35.5. The molecule has 0 aliphatic carbocycles. The minimum atomic E-state index is -0.388. The number of hydrogen-bond donors (Lipinski definition) is 1. The second-order valence-corrected chi connectivity index (χ2v) is 7.72. The molecule has 3 aromatic carbocycles. The number of amides is 1. The van der Waals surface area contributed by atoms with E-state index in [4.69, 9.17) is 16.1 Å². The maximum Gasteiger partial charge on any atom is 0.257 e. The van der Waals surface area contributed by atoms with Crippen LogP contribution in [0, 0.1) is 5.82 Å². The van der Waals surface area contributed by atoms with Gasteiger partial charge in [0.2, 0.25) is 0 Å². The fourth-order valence-electron chi connectivity index (χ4n) is 2.66. The summed E-state index contributed by atoms with van der Waals surface area (Å²) in [4.78, 5) is 17.7. The van der Waals surface area contributed by atoms with Crippen molar-refractivity contribution in [2.45, 2.75) is 10.6 Å². The molecule has 0 spiro atoms. The van der Waals surface area contributed by atoms with E-state index in [9.17, 15) is 9.18 Å². The van der Waals surface area contributed by atoms with Crippen molar-refractivity contribution in [1.29, 1.82) is 0 Å². The molecule has 150 valence electrons. The summed E-state index contributed by atoms with van der Waals surface area (Å²) < 4.78 is 18.4. The first-order valence-corrected chi connectivity index (χ1v) is 10.3. The molecule has 1 amide bonds. The predicted molar refractivity (Wildman–Crippen MR) is 115 cm³/mol. The van der Waals surface area contributed by atoms with Crippen molar-refractivity contribution < 1.29 is 13.7 Å². The highest BCUT2D eigenvalue weighted by Gasteiger charge is 2.12. The quantitative estimate of drug-likeness (QED) is 0.369. The zero-order valence-electron chi connectivity index (χ0n) is 15.5. The number of nitrogens with one attached hydrogen (secondary N) is 1. The number of halogens is 2. The number of carbonyl (C=O) groups excluding carboxylic acids is 1. The summed E-state index contributed by atoms with van der Waals surface area (Å²) in [6, 6.07) is 19.9. The van der Waals surface area contributed by atoms with Gasteiger partial charge >= 0.3 is 0 Å². The van der Waals surface area contributed by atoms with Crippen molar-refractivity contribution in [3.63, 3.8) is 0 Å². The number of rotatable bonds is 6. The molecule has 0 bridgehead atoms. The fourth-order valence-corrected chi connectivity index (χ4v) is 3.63. The predicted octanol–water partition coefficient (Wildman–Crippen LogP) is 6.07. The van der Waals surface area contributed by atoms with Gasteiger partial charge in [-0.1, -0.05) is 28.9 Å². The summed E-state index contributed by atoms with van der Waals surface area (Å²) in [5.41, 5.74) is 1.82. The lowest BCUT2D eigenvalue weighted by atomic mass is 10.2. The minimum absolute atomic E-state index is 0.312. The van der Waals surface area contributed by atoms with Crippen LogP contribution in [0.2, 0.25) is 5.02 Å². The monoisotopic (exact) mass is 439 g/mol. The van der Waals surface area contributed by atoms with Crippen LogP contribution in [0.15, 0.2) is 82.2 Å². The second-order valence-electron chi connectivity index (χ2n) is 6.27. The molecule has 5 nitrogen and oxygen atoms in total. The Hall–Kier alpha value is -3.16. The molecule has 0 radical (unpaired) electrons.